The van der Waals surface area contributed by atoms with Crippen LogP contribution < -0.4 is 4.74 Å². The number of likely N-dealkylation sites (tertiary alicyclic amines) is 1. The summed E-state index contributed by atoms with van der Waals surface area (Å²) < 4.78 is 44.6. The molecule has 1 fully saturated rings. The average Bonchev–Trinajstić information content (AvgIpc) is 3.26. The molecule has 5 rings (SSSR count). The van der Waals surface area contributed by atoms with Gasteiger partial charge in [0, 0.05) is 37.3 Å². The number of rotatable bonds is 4. The lowest BCUT2D eigenvalue weighted by molar-refractivity contribution is 0.325. The van der Waals surface area contributed by atoms with Crippen molar-refractivity contribution in [1.82, 2.24) is 9.88 Å². The Bertz CT molecular complexity index is 1190. The van der Waals surface area contributed by atoms with Crippen molar-refractivity contribution in [3.8, 4) is 16.9 Å². The van der Waals surface area contributed by atoms with E-state index in [0.717, 1.165) is 28.0 Å². The molecule has 0 N–H and O–H groups in total. The lowest BCUT2D eigenvalue weighted by atomic mass is 9.95. The van der Waals surface area contributed by atoms with Gasteiger partial charge in [-0.25, -0.2) is 13.4 Å². The van der Waals surface area contributed by atoms with Crippen LogP contribution in [-0.2, 0) is 16.4 Å². The van der Waals surface area contributed by atoms with E-state index in [0.29, 0.717) is 24.5 Å². The van der Waals surface area contributed by atoms with Crippen LogP contribution in [0.15, 0.2) is 65.7 Å². The number of halogens is 1. The highest BCUT2D eigenvalue weighted by atomic mass is 32.2. The van der Waals surface area contributed by atoms with E-state index in [9.17, 15) is 12.8 Å². The molecule has 1 saturated heterocycles. The number of nitrogens with zero attached hydrogens (tertiary/aromatic N) is 2. The van der Waals surface area contributed by atoms with Crippen molar-refractivity contribution in [2.75, 3.05) is 20.2 Å². The minimum absolute atomic E-state index is 0.0587. The number of sulfone groups is 1. The van der Waals surface area contributed by atoms with Crippen molar-refractivity contribution < 1.29 is 17.5 Å². The van der Waals surface area contributed by atoms with Crippen molar-refractivity contribution in [3.63, 3.8) is 0 Å². The molecule has 30 heavy (non-hydrogen) atoms. The predicted octanol–water partition coefficient (Wildman–Crippen LogP) is 3.65. The molecule has 0 radical (unpaired) electrons. The first kappa shape index (κ1) is 19.2. The number of benzene rings is 2. The Kier molecular flexibility index (Phi) is 4.60. The zero-order valence-corrected chi connectivity index (χ0v) is 17.3. The van der Waals surface area contributed by atoms with E-state index in [-0.39, 0.29) is 5.92 Å². The number of ether oxygens (including phenoxy) is 1. The Balaban J connectivity index is 1.43. The third kappa shape index (κ3) is 3.18. The normalized spacial score (nSPS) is 21.9. The van der Waals surface area contributed by atoms with Crippen molar-refractivity contribution in [3.05, 3.63) is 77.9 Å². The van der Waals surface area contributed by atoms with Crippen molar-refractivity contribution in [2.24, 2.45) is 0 Å². The van der Waals surface area contributed by atoms with Gasteiger partial charge >= 0.3 is 0 Å². The number of hydrogen-bond donors (Lipinski definition) is 0. The summed E-state index contributed by atoms with van der Waals surface area (Å²) in [6.45, 7) is 1.90. The van der Waals surface area contributed by atoms with Crippen LogP contribution in [0.1, 0.15) is 17.0 Å². The van der Waals surface area contributed by atoms with Crippen LogP contribution >= 0.6 is 0 Å². The van der Waals surface area contributed by atoms with Gasteiger partial charge < -0.3 is 4.74 Å². The summed E-state index contributed by atoms with van der Waals surface area (Å²) in [6.07, 6.45) is 1.47. The Morgan fingerprint density at radius 1 is 1.07 bits per heavy atom. The van der Waals surface area contributed by atoms with Crippen LogP contribution in [0.25, 0.3) is 11.1 Å². The maximum atomic E-state index is 13.2. The molecule has 0 aliphatic carbocycles. The van der Waals surface area contributed by atoms with Crippen LogP contribution in [0.5, 0.6) is 5.75 Å². The molecule has 3 aromatic rings. The zero-order chi connectivity index (χ0) is 20.9. The molecule has 5 nitrogen and oxygen atoms in total. The number of methoxy groups -OCH3 is 1. The van der Waals surface area contributed by atoms with Crippen molar-refractivity contribution >= 4 is 9.84 Å². The van der Waals surface area contributed by atoms with E-state index >= 15 is 0 Å². The van der Waals surface area contributed by atoms with Crippen molar-refractivity contribution in [2.45, 2.75) is 22.6 Å². The van der Waals surface area contributed by atoms with Crippen LogP contribution in [0.2, 0.25) is 0 Å². The van der Waals surface area contributed by atoms with Crippen LogP contribution in [-0.4, -0.2) is 43.8 Å². The van der Waals surface area contributed by atoms with Gasteiger partial charge in [0.25, 0.3) is 0 Å². The second-order valence-corrected chi connectivity index (χ2v) is 9.99. The molecule has 2 aliphatic rings. The van der Waals surface area contributed by atoms with Crippen LogP contribution in [0.4, 0.5) is 4.39 Å². The standard InChI is InChI=1S/C23H21FN2O3S/c1-29-18-6-2-15(3-7-18)12-26-13-20-19-10-16(17-5-9-23(24)25-11-17)4-8-21(19)30(27,28)22(20)14-26/h2-11,20,22H,12-14H2,1H3/t20-,22-/m1/s1. The van der Waals surface area contributed by atoms with Gasteiger partial charge in [-0.1, -0.05) is 18.2 Å². The monoisotopic (exact) mass is 424 g/mol. The number of pyridine rings is 1. The zero-order valence-electron chi connectivity index (χ0n) is 16.5. The van der Waals surface area contributed by atoms with E-state index in [1.807, 2.05) is 30.3 Å². The number of aromatic nitrogens is 1. The van der Waals surface area contributed by atoms with Crippen LogP contribution in [0, 0.1) is 5.95 Å². The smallest absolute Gasteiger partial charge is 0.212 e. The van der Waals surface area contributed by atoms with Gasteiger partial charge in [-0.15, -0.1) is 0 Å². The molecular formula is C23H21FN2O3S. The lowest BCUT2D eigenvalue weighted by Crippen LogP contribution is -2.25. The molecule has 3 heterocycles. The van der Waals surface area contributed by atoms with Crippen molar-refractivity contribution in [1.29, 1.82) is 0 Å². The van der Waals surface area contributed by atoms with E-state index < -0.39 is 21.0 Å². The Labute approximate surface area is 175 Å². The Morgan fingerprint density at radius 2 is 1.83 bits per heavy atom. The molecule has 0 saturated carbocycles. The molecule has 7 heteroatoms. The van der Waals surface area contributed by atoms with Gasteiger partial charge in [-0.2, -0.15) is 4.39 Å². The fourth-order valence-electron chi connectivity index (χ4n) is 4.57. The summed E-state index contributed by atoms with van der Waals surface area (Å²) in [5.74, 6) is 0.209. The number of fused-ring (bicyclic) bond motifs is 3. The Morgan fingerprint density at radius 3 is 2.53 bits per heavy atom. The Hall–Kier alpha value is -2.77. The largest absolute Gasteiger partial charge is 0.497 e. The highest BCUT2D eigenvalue weighted by Crippen LogP contribution is 2.46. The highest BCUT2D eigenvalue weighted by molar-refractivity contribution is 7.92. The predicted molar refractivity (Wildman–Crippen MR) is 112 cm³/mol. The summed E-state index contributed by atoms with van der Waals surface area (Å²) >= 11 is 0. The van der Waals surface area contributed by atoms with E-state index in [2.05, 4.69) is 9.88 Å². The quantitative estimate of drug-likeness (QED) is 0.599. The third-order valence-electron chi connectivity index (χ3n) is 6.08. The average molecular weight is 424 g/mol. The fraction of sp³-hybridized carbons (Fsp3) is 0.261. The maximum absolute atomic E-state index is 13.2. The first-order valence-electron chi connectivity index (χ1n) is 9.81. The number of hydrogen-bond acceptors (Lipinski definition) is 5. The van der Waals surface area contributed by atoms with E-state index in [1.165, 1.54) is 12.3 Å². The van der Waals surface area contributed by atoms with E-state index in [4.69, 9.17) is 4.74 Å². The first-order chi connectivity index (χ1) is 14.5. The summed E-state index contributed by atoms with van der Waals surface area (Å²) in [5.41, 5.74) is 3.61. The molecule has 154 valence electrons. The summed E-state index contributed by atoms with van der Waals surface area (Å²) in [6, 6.07) is 16.2. The SMILES string of the molecule is COc1ccc(CN2C[C@@H]3c4cc(-c5ccc(F)nc5)ccc4S(=O)(=O)[C@@H]3C2)cc1. The maximum Gasteiger partial charge on any atom is 0.212 e. The minimum atomic E-state index is -3.36. The molecule has 1 aromatic heterocycles. The summed E-state index contributed by atoms with van der Waals surface area (Å²) in [4.78, 5) is 6.34. The first-order valence-corrected chi connectivity index (χ1v) is 11.4. The van der Waals surface area contributed by atoms with Gasteiger partial charge in [0.1, 0.15) is 5.75 Å². The van der Waals surface area contributed by atoms with Gasteiger partial charge in [-0.05, 0) is 53.1 Å². The molecular weight excluding hydrogens is 403 g/mol. The molecule has 0 bridgehead atoms. The second-order valence-electron chi connectivity index (χ2n) is 7.85. The minimum Gasteiger partial charge on any atom is -0.497 e. The van der Waals surface area contributed by atoms with Gasteiger partial charge in [0.15, 0.2) is 9.84 Å². The molecule has 0 unspecified atom stereocenters. The lowest BCUT2D eigenvalue weighted by Gasteiger charge is -2.18. The third-order valence-corrected chi connectivity index (χ3v) is 8.34. The van der Waals surface area contributed by atoms with Gasteiger partial charge in [0.05, 0.1) is 17.3 Å². The fourth-order valence-corrected chi connectivity index (χ4v) is 6.76. The second kappa shape index (κ2) is 7.18. The molecule has 0 spiro atoms. The molecule has 0 amide bonds. The molecule has 2 aliphatic heterocycles. The summed E-state index contributed by atoms with van der Waals surface area (Å²) in [7, 11) is -1.73. The van der Waals surface area contributed by atoms with E-state index in [1.54, 1.807) is 25.3 Å². The van der Waals surface area contributed by atoms with Gasteiger partial charge in [0.2, 0.25) is 5.95 Å². The molecule has 2 aromatic carbocycles. The highest BCUT2D eigenvalue weighted by Gasteiger charge is 2.50. The van der Waals surface area contributed by atoms with Gasteiger partial charge in [-0.3, -0.25) is 4.90 Å². The summed E-state index contributed by atoms with van der Waals surface area (Å²) in [5, 5.41) is -0.424. The molecule has 2 atom stereocenters. The van der Waals surface area contributed by atoms with Crippen LogP contribution in [0.3, 0.4) is 0 Å². The topological polar surface area (TPSA) is 59.5 Å².